The van der Waals surface area contributed by atoms with Gasteiger partial charge in [0.05, 0.1) is 24.4 Å². The Morgan fingerprint density at radius 3 is 2.39 bits per heavy atom. The summed E-state index contributed by atoms with van der Waals surface area (Å²) in [4.78, 5) is 0. The molecule has 8 aliphatic rings. The molecule has 9 nitrogen and oxygen atoms in total. The molecule has 0 aromatic carbocycles. The third-order valence-corrected chi connectivity index (χ3v) is 15.5. The summed E-state index contributed by atoms with van der Waals surface area (Å²) in [6.45, 7) is 15.3. The highest BCUT2D eigenvalue weighted by atomic mass is 16.7. The van der Waals surface area contributed by atoms with Crippen molar-refractivity contribution < 1.29 is 44.5 Å². The highest BCUT2D eigenvalue weighted by molar-refractivity contribution is 5.46. The molecule has 0 radical (unpaired) electrons. The molecule has 0 aromatic rings. The van der Waals surface area contributed by atoms with Crippen molar-refractivity contribution in [1.82, 2.24) is 0 Å². The van der Waals surface area contributed by atoms with Crippen molar-refractivity contribution in [2.24, 2.45) is 44.8 Å². The predicted molar refractivity (Wildman–Crippen MR) is 159 cm³/mol. The van der Waals surface area contributed by atoms with Crippen molar-refractivity contribution in [1.29, 1.82) is 0 Å². The first-order chi connectivity index (χ1) is 20.4. The molecule has 44 heavy (non-hydrogen) atoms. The van der Waals surface area contributed by atoms with Gasteiger partial charge in [0.25, 0.3) is 0 Å². The molecule has 4 saturated carbocycles. The number of rotatable bonds is 2. The van der Waals surface area contributed by atoms with Gasteiger partial charge in [-0.3, -0.25) is 0 Å². The predicted octanol–water partition coefficient (Wildman–Crippen LogP) is 3.04. The zero-order chi connectivity index (χ0) is 31.6. The van der Waals surface area contributed by atoms with E-state index in [1.165, 1.54) is 6.42 Å². The van der Waals surface area contributed by atoms with Crippen LogP contribution in [-0.2, 0) is 18.9 Å². The number of aliphatic hydroxyl groups excluding tert-OH is 4. The molecule has 0 bridgehead atoms. The van der Waals surface area contributed by atoms with Crippen LogP contribution in [-0.4, -0.2) is 92.5 Å². The molecule has 8 rings (SSSR count). The highest BCUT2D eigenvalue weighted by Gasteiger charge is 2.82. The van der Waals surface area contributed by atoms with Crippen LogP contribution in [0, 0.1) is 44.8 Å². The van der Waals surface area contributed by atoms with Gasteiger partial charge < -0.3 is 44.5 Å². The number of hydrogen-bond acceptors (Lipinski definition) is 9. The van der Waals surface area contributed by atoms with Crippen LogP contribution in [0.15, 0.2) is 11.6 Å². The third kappa shape index (κ3) is 3.38. The Morgan fingerprint density at radius 1 is 0.932 bits per heavy atom. The molecule has 16 atom stereocenters. The first kappa shape index (κ1) is 30.7. The first-order valence-corrected chi connectivity index (χ1v) is 17.2. The van der Waals surface area contributed by atoms with Crippen LogP contribution in [0.5, 0.6) is 0 Å². The van der Waals surface area contributed by atoms with Crippen molar-refractivity contribution in [2.75, 3.05) is 6.61 Å². The zero-order valence-electron chi connectivity index (χ0n) is 27.5. The summed E-state index contributed by atoms with van der Waals surface area (Å²) < 4.78 is 25.1. The van der Waals surface area contributed by atoms with Crippen LogP contribution >= 0.6 is 0 Å². The lowest BCUT2D eigenvalue weighted by atomic mass is 9.45. The molecular formula is C35H54O9. The number of aliphatic hydroxyl groups is 5. The molecule has 5 N–H and O–H groups in total. The van der Waals surface area contributed by atoms with Gasteiger partial charge in [-0.1, -0.05) is 46.3 Å². The Kier molecular flexibility index (Phi) is 6.20. The van der Waals surface area contributed by atoms with Crippen LogP contribution in [0.1, 0.15) is 93.4 Å². The van der Waals surface area contributed by atoms with Gasteiger partial charge in [0.2, 0.25) is 5.79 Å². The van der Waals surface area contributed by atoms with Crippen LogP contribution in [0.2, 0.25) is 0 Å². The molecule has 0 amide bonds. The summed E-state index contributed by atoms with van der Waals surface area (Å²) in [5.41, 5.74) is 0.859. The second-order valence-corrected chi connectivity index (χ2v) is 17.8. The average molecular weight is 619 g/mol. The van der Waals surface area contributed by atoms with Gasteiger partial charge in [-0.15, -0.1) is 0 Å². The largest absolute Gasteiger partial charge is 0.388 e. The molecule has 248 valence electrons. The standard InChI is InChI=1S/C35H54O9/c1-17-23-19(43-35(40)26(17)44-30(4,5)28(35)39)14-32(7)21-9-8-20-29(2,3)22(42-27-25(38)24(37)18(36)15-41-27)10-11-33(20)16-34(21,33)13-12-31(23,32)6/h9,17-20,22-28,36-40H,8,10-16H2,1-7H3. The zero-order valence-corrected chi connectivity index (χ0v) is 27.5. The molecule has 7 fully saturated rings. The third-order valence-electron chi connectivity index (χ3n) is 15.5. The Hall–Kier alpha value is -0.620. The fourth-order valence-electron chi connectivity index (χ4n) is 13.1. The number of allylic oxidation sites excluding steroid dienone is 2. The van der Waals surface area contributed by atoms with Crippen molar-refractivity contribution in [3.05, 3.63) is 11.6 Å². The van der Waals surface area contributed by atoms with E-state index < -0.39 is 48.2 Å². The maximum Gasteiger partial charge on any atom is 0.222 e. The second kappa shape index (κ2) is 8.88. The summed E-state index contributed by atoms with van der Waals surface area (Å²) in [5, 5.41) is 53.6. The van der Waals surface area contributed by atoms with Crippen LogP contribution in [0.4, 0.5) is 0 Å². The summed E-state index contributed by atoms with van der Waals surface area (Å²) in [6.07, 6.45) is 3.19. The van der Waals surface area contributed by atoms with Crippen LogP contribution in [0.3, 0.4) is 0 Å². The Balaban J connectivity index is 1.09. The maximum absolute atomic E-state index is 11.7. The minimum atomic E-state index is -1.69. The maximum atomic E-state index is 11.7. The molecule has 3 aliphatic heterocycles. The summed E-state index contributed by atoms with van der Waals surface area (Å²) in [7, 11) is 0. The summed E-state index contributed by atoms with van der Waals surface area (Å²) in [6, 6.07) is 0. The molecule has 16 unspecified atom stereocenters. The van der Waals surface area contributed by atoms with E-state index in [-0.39, 0.29) is 57.7 Å². The van der Waals surface area contributed by atoms with E-state index in [9.17, 15) is 25.5 Å². The van der Waals surface area contributed by atoms with Crippen molar-refractivity contribution in [2.45, 2.75) is 154 Å². The molecule has 9 heteroatoms. The molecule has 0 aromatic heterocycles. The molecule has 2 spiro atoms. The number of fused-ring (bicyclic) bond motifs is 5. The van der Waals surface area contributed by atoms with E-state index >= 15 is 0 Å². The summed E-state index contributed by atoms with van der Waals surface area (Å²) >= 11 is 0. The monoisotopic (exact) mass is 618 g/mol. The van der Waals surface area contributed by atoms with E-state index in [2.05, 4.69) is 40.7 Å². The van der Waals surface area contributed by atoms with Crippen molar-refractivity contribution >= 4 is 0 Å². The van der Waals surface area contributed by atoms with E-state index in [0.717, 1.165) is 38.5 Å². The van der Waals surface area contributed by atoms with E-state index in [1.807, 2.05) is 13.8 Å². The van der Waals surface area contributed by atoms with Gasteiger partial charge in [-0.25, -0.2) is 0 Å². The first-order valence-electron chi connectivity index (χ1n) is 17.2. The van der Waals surface area contributed by atoms with Gasteiger partial charge in [0, 0.05) is 0 Å². The quantitative estimate of drug-likeness (QED) is 0.296. The van der Waals surface area contributed by atoms with Gasteiger partial charge in [-0.05, 0) is 104 Å². The average Bonchev–Trinajstić information content (AvgIpc) is 3.49. The molecule has 5 aliphatic carbocycles. The van der Waals surface area contributed by atoms with E-state index in [0.29, 0.717) is 5.92 Å². The SMILES string of the molecule is CC1C2OC(C)(C)C(O)C2(O)OC2CC3(C)C4=CCC5C(C)(C)C(OC6OCC(O)C(O)C6O)CCC56CC46CCC3(C)C21. The normalized spacial score (nSPS) is 61.5. The second-order valence-electron chi connectivity index (χ2n) is 17.8. The molecular weight excluding hydrogens is 564 g/mol. The Bertz CT molecular complexity index is 1270. The Labute approximate surface area is 261 Å². The van der Waals surface area contributed by atoms with Crippen LogP contribution < -0.4 is 0 Å². The lowest BCUT2D eigenvalue weighted by Gasteiger charge is -2.60. The highest BCUT2D eigenvalue weighted by Crippen LogP contribution is 2.88. The van der Waals surface area contributed by atoms with Gasteiger partial charge in [0.15, 0.2) is 6.29 Å². The van der Waals surface area contributed by atoms with E-state index in [4.69, 9.17) is 18.9 Å². The van der Waals surface area contributed by atoms with Crippen molar-refractivity contribution in [3.63, 3.8) is 0 Å². The summed E-state index contributed by atoms with van der Waals surface area (Å²) in [5.74, 6) is -1.00. The van der Waals surface area contributed by atoms with E-state index in [1.54, 1.807) is 5.57 Å². The van der Waals surface area contributed by atoms with Gasteiger partial charge >= 0.3 is 0 Å². The minimum absolute atomic E-state index is 0.0111. The topological polar surface area (TPSA) is 138 Å². The molecule has 3 heterocycles. The fourth-order valence-corrected chi connectivity index (χ4v) is 13.1. The van der Waals surface area contributed by atoms with Crippen LogP contribution in [0.25, 0.3) is 0 Å². The number of ether oxygens (including phenoxy) is 4. The van der Waals surface area contributed by atoms with Crippen molar-refractivity contribution in [3.8, 4) is 0 Å². The smallest absolute Gasteiger partial charge is 0.222 e. The Morgan fingerprint density at radius 2 is 1.66 bits per heavy atom. The van der Waals surface area contributed by atoms with Gasteiger partial charge in [-0.2, -0.15) is 0 Å². The minimum Gasteiger partial charge on any atom is -0.388 e. The van der Waals surface area contributed by atoms with Gasteiger partial charge in [0.1, 0.15) is 30.5 Å². The number of hydrogen-bond donors (Lipinski definition) is 5. The molecule has 3 saturated heterocycles. The lowest BCUT2D eigenvalue weighted by Crippen LogP contribution is -2.62. The fraction of sp³-hybridized carbons (Fsp3) is 0.943. The lowest BCUT2D eigenvalue weighted by molar-refractivity contribution is -0.327.